The van der Waals surface area contributed by atoms with E-state index in [0.29, 0.717) is 5.95 Å². The fourth-order valence-electron chi connectivity index (χ4n) is 7.88. The lowest BCUT2D eigenvalue weighted by Gasteiger charge is -2.12. The molecule has 0 bridgehead atoms. The molecule has 0 aliphatic heterocycles. The number of aromatic nitrogens is 3. The summed E-state index contributed by atoms with van der Waals surface area (Å²) in [6, 6.07) is 57.8. The van der Waals surface area contributed by atoms with Gasteiger partial charge in [-0.15, -0.1) is 0 Å². The Bertz CT molecular complexity index is 3170. The number of furan rings is 1. The van der Waals surface area contributed by atoms with Crippen molar-refractivity contribution in [2.24, 2.45) is 0 Å². The maximum Gasteiger partial charge on any atom is 0.235 e. The highest BCUT2D eigenvalue weighted by Crippen LogP contribution is 2.41. The SMILES string of the molecule is c1ccc2cc(-c3nc(-n4c5ccccc5c5c6ccc(-c7cccc8c7oc7ccccc78)cc6ccc54)nc4ccccc34)ccc2c1. The van der Waals surface area contributed by atoms with E-state index in [1.165, 1.54) is 32.3 Å². The predicted octanol–water partition coefficient (Wildman–Crippen LogP) is 12.3. The molecule has 3 aromatic heterocycles. The quantitative estimate of drug-likeness (QED) is 0.194. The highest BCUT2D eigenvalue weighted by molar-refractivity contribution is 6.22. The van der Waals surface area contributed by atoms with Crippen LogP contribution >= 0.6 is 0 Å². The van der Waals surface area contributed by atoms with Gasteiger partial charge in [0.25, 0.3) is 0 Å². The maximum absolute atomic E-state index is 6.41. The van der Waals surface area contributed by atoms with Crippen molar-refractivity contribution in [2.75, 3.05) is 0 Å². The van der Waals surface area contributed by atoms with E-state index in [9.17, 15) is 0 Å². The zero-order valence-corrected chi connectivity index (χ0v) is 26.8. The normalized spacial score (nSPS) is 12.0. The summed E-state index contributed by atoms with van der Waals surface area (Å²) in [5.74, 6) is 0.658. The summed E-state index contributed by atoms with van der Waals surface area (Å²) in [5, 5.41) is 10.4. The molecular formula is C46H27N3O. The second-order valence-corrected chi connectivity index (χ2v) is 13.0. The van der Waals surface area contributed by atoms with Crippen molar-refractivity contribution in [3.8, 4) is 28.3 Å². The Morgan fingerprint density at radius 3 is 2.10 bits per heavy atom. The van der Waals surface area contributed by atoms with E-state index < -0.39 is 0 Å². The average Bonchev–Trinajstić information content (AvgIpc) is 3.73. The monoisotopic (exact) mass is 637 g/mol. The molecule has 0 spiro atoms. The molecular weight excluding hydrogens is 611 g/mol. The number of hydrogen-bond donors (Lipinski definition) is 0. The summed E-state index contributed by atoms with van der Waals surface area (Å²) in [4.78, 5) is 10.5. The molecule has 0 aliphatic rings. The predicted molar refractivity (Wildman–Crippen MR) is 207 cm³/mol. The molecule has 0 unspecified atom stereocenters. The van der Waals surface area contributed by atoms with Crippen molar-refractivity contribution in [1.29, 1.82) is 0 Å². The van der Waals surface area contributed by atoms with Gasteiger partial charge in [0.15, 0.2) is 0 Å². The summed E-state index contributed by atoms with van der Waals surface area (Å²) in [6.45, 7) is 0. The molecule has 0 saturated carbocycles. The smallest absolute Gasteiger partial charge is 0.235 e. The third-order valence-corrected chi connectivity index (χ3v) is 10.2. The van der Waals surface area contributed by atoms with Gasteiger partial charge in [-0.1, -0.05) is 127 Å². The van der Waals surface area contributed by atoms with E-state index in [2.05, 4.69) is 150 Å². The Hall–Kier alpha value is -6.78. The Labute approximate surface area is 286 Å². The summed E-state index contributed by atoms with van der Waals surface area (Å²) in [5.41, 5.74) is 9.10. The zero-order chi connectivity index (χ0) is 32.8. The van der Waals surface area contributed by atoms with Crippen molar-refractivity contribution in [3.63, 3.8) is 0 Å². The molecule has 4 nitrogen and oxygen atoms in total. The third kappa shape index (κ3) is 3.93. The number of fused-ring (bicyclic) bond motifs is 10. The molecule has 3 heterocycles. The lowest BCUT2D eigenvalue weighted by molar-refractivity contribution is 0.670. The molecule has 0 atom stereocenters. The minimum atomic E-state index is 0.658. The second kappa shape index (κ2) is 10.4. The Morgan fingerprint density at radius 1 is 0.440 bits per heavy atom. The first kappa shape index (κ1) is 27.2. The van der Waals surface area contributed by atoms with Crippen LogP contribution in [0, 0.1) is 0 Å². The Balaban J connectivity index is 1.14. The lowest BCUT2D eigenvalue weighted by Crippen LogP contribution is -2.03. The molecule has 0 N–H and O–H groups in total. The molecule has 232 valence electrons. The Kier molecular flexibility index (Phi) is 5.63. The highest BCUT2D eigenvalue weighted by atomic mass is 16.3. The van der Waals surface area contributed by atoms with Crippen molar-refractivity contribution in [3.05, 3.63) is 164 Å². The van der Waals surface area contributed by atoms with Crippen LogP contribution in [0.5, 0.6) is 0 Å². The first-order chi connectivity index (χ1) is 24.8. The van der Waals surface area contributed by atoms with E-state index in [-0.39, 0.29) is 0 Å². The molecule has 50 heavy (non-hydrogen) atoms. The van der Waals surface area contributed by atoms with Gasteiger partial charge in [0.2, 0.25) is 5.95 Å². The van der Waals surface area contributed by atoms with Gasteiger partial charge < -0.3 is 4.42 Å². The van der Waals surface area contributed by atoms with E-state index in [1.807, 2.05) is 18.2 Å². The van der Waals surface area contributed by atoms with Gasteiger partial charge >= 0.3 is 0 Å². The van der Waals surface area contributed by atoms with E-state index in [4.69, 9.17) is 14.4 Å². The van der Waals surface area contributed by atoms with Crippen LogP contribution in [0.2, 0.25) is 0 Å². The number of nitrogens with zero attached hydrogens (tertiary/aromatic N) is 3. The summed E-state index contributed by atoms with van der Waals surface area (Å²) in [6.07, 6.45) is 0. The van der Waals surface area contributed by atoms with Crippen LogP contribution in [0.1, 0.15) is 0 Å². The van der Waals surface area contributed by atoms with Crippen LogP contribution in [-0.4, -0.2) is 14.5 Å². The molecule has 4 heteroatoms. The van der Waals surface area contributed by atoms with Crippen molar-refractivity contribution < 1.29 is 4.42 Å². The van der Waals surface area contributed by atoms with Gasteiger partial charge in [-0.05, 0) is 63.5 Å². The minimum absolute atomic E-state index is 0.658. The summed E-state index contributed by atoms with van der Waals surface area (Å²) >= 11 is 0. The van der Waals surface area contributed by atoms with Crippen molar-refractivity contribution in [1.82, 2.24) is 14.5 Å². The van der Waals surface area contributed by atoms with Crippen LogP contribution in [0.4, 0.5) is 0 Å². The molecule has 11 aromatic rings. The Morgan fingerprint density at radius 2 is 1.16 bits per heavy atom. The topological polar surface area (TPSA) is 43.9 Å². The first-order valence-corrected chi connectivity index (χ1v) is 16.9. The van der Waals surface area contributed by atoms with Gasteiger partial charge in [0, 0.05) is 38.1 Å². The van der Waals surface area contributed by atoms with Gasteiger partial charge in [-0.25, -0.2) is 9.97 Å². The molecule has 8 aromatic carbocycles. The largest absolute Gasteiger partial charge is 0.455 e. The van der Waals surface area contributed by atoms with E-state index in [0.717, 1.165) is 66.3 Å². The van der Waals surface area contributed by atoms with Crippen LogP contribution in [0.25, 0.3) is 105 Å². The fraction of sp³-hybridized carbons (Fsp3) is 0. The van der Waals surface area contributed by atoms with Gasteiger partial charge in [-0.2, -0.15) is 0 Å². The van der Waals surface area contributed by atoms with Crippen LogP contribution in [-0.2, 0) is 0 Å². The number of benzene rings is 8. The molecule has 0 amide bonds. The second-order valence-electron chi connectivity index (χ2n) is 13.0. The van der Waals surface area contributed by atoms with E-state index >= 15 is 0 Å². The first-order valence-electron chi connectivity index (χ1n) is 16.9. The van der Waals surface area contributed by atoms with Crippen molar-refractivity contribution >= 4 is 76.2 Å². The van der Waals surface area contributed by atoms with Gasteiger partial charge in [0.05, 0.1) is 22.2 Å². The number of rotatable bonds is 3. The average molecular weight is 638 g/mol. The number of hydrogen-bond acceptors (Lipinski definition) is 3. The highest BCUT2D eigenvalue weighted by Gasteiger charge is 2.19. The zero-order valence-electron chi connectivity index (χ0n) is 26.8. The van der Waals surface area contributed by atoms with Crippen molar-refractivity contribution in [2.45, 2.75) is 0 Å². The third-order valence-electron chi connectivity index (χ3n) is 10.2. The molecule has 11 rings (SSSR count). The number of para-hydroxylation sites is 4. The van der Waals surface area contributed by atoms with Crippen LogP contribution in [0.15, 0.2) is 168 Å². The van der Waals surface area contributed by atoms with E-state index in [1.54, 1.807) is 0 Å². The molecule has 0 saturated heterocycles. The molecule has 0 aliphatic carbocycles. The lowest BCUT2D eigenvalue weighted by atomic mass is 9.97. The minimum Gasteiger partial charge on any atom is -0.455 e. The van der Waals surface area contributed by atoms with Crippen LogP contribution in [0.3, 0.4) is 0 Å². The maximum atomic E-state index is 6.41. The molecule has 0 fully saturated rings. The van der Waals surface area contributed by atoms with Gasteiger partial charge in [0.1, 0.15) is 11.2 Å². The standard InChI is InChI=1S/C46H27N3O/c1-2-11-29-26-32(21-20-28(29)10-1)44-37-13-3-6-17-39(37)47-46(48-44)49-40-18-7-4-14-38(40)43-33-24-22-31(27-30(33)23-25-41(43)49)34-15-9-16-36-35-12-5-8-19-42(35)50-45(34)36/h1-27H. The summed E-state index contributed by atoms with van der Waals surface area (Å²) < 4.78 is 8.63. The fourth-order valence-corrected chi connectivity index (χ4v) is 7.88. The van der Waals surface area contributed by atoms with Gasteiger partial charge in [-0.3, -0.25) is 4.57 Å². The van der Waals surface area contributed by atoms with Crippen LogP contribution < -0.4 is 0 Å². The summed E-state index contributed by atoms with van der Waals surface area (Å²) in [7, 11) is 0. The molecule has 0 radical (unpaired) electrons.